The number of esters is 2. The number of rotatable bonds is 7. The zero-order chi connectivity index (χ0) is 26.1. The normalized spacial score (nSPS) is 12.0. The summed E-state index contributed by atoms with van der Waals surface area (Å²) in [6.07, 6.45) is 2.77. The topological polar surface area (TPSA) is 81.7 Å². The second kappa shape index (κ2) is 12.1. The SMILES string of the molecule is CC(C)(C)NC(=O)/C(OC(=O)/C=C\c1ccccc1)=C(/OC(=O)c1ccccc1)c1ccc(Br)cc1. The van der Waals surface area contributed by atoms with E-state index >= 15 is 0 Å². The van der Waals surface area contributed by atoms with Crippen molar-refractivity contribution in [2.24, 2.45) is 0 Å². The maximum absolute atomic E-state index is 13.3. The molecule has 0 bridgehead atoms. The number of carbonyl (C=O) groups is 3. The Kier molecular flexibility index (Phi) is 8.97. The van der Waals surface area contributed by atoms with Crippen molar-refractivity contribution in [3.63, 3.8) is 0 Å². The zero-order valence-electron chi connectivity index (χ0n) is 20.2. The van der Waals surface area contributed by atoms with Crippen LogP contribution in [0.5, 0.6) is 0 Å². The lowest BCUT2D eigenvalue weighted by atomic mass is 10.1. The fourth-order valence-electron chi connectivity index (χ4n) is 3.02. The van der Waals surface area contributed by atoms with Crippen LogP contribution in [0.1, 0.15) is 42.3 Å². The van der Waals surface area contributed by atoms with Crippen LogP contribution >= 0.6 is 15.9 Å². The number of halogens is 1. The van der Waals surface area contributed by atoms with E-state index in [4.69, 9.17) is 9.47 Å². The van der Waals surface area contributed by atoms with Gasteiger partial charge in [0.15, 0.2) is 5.76 Å². The predicted octanol–water partition coefficient (Wildman–Crippen LogP) is 6.15. The maximum Gasteiger partial charge on any atom is 0.343 e. The van der Waals surface area contributed by atoms with Gasteiger partial charge in [-0.1, -0.05) is 64.5 Å². The first kappa shape index (κ1) is 26.6. The highest BCUT2D eigenvalue weighted by atomic mass is 79.9. The van der Waals surface area contributed by atoms with Crippen molar-refractivity contribution in [1.82, 2.24) is 5.32 Å². The molecule has 1 amide bonds. The Morgan fingerprint density at radius 1 is 0.778 bits per heavy atom. The molecule has 0 fully saturated rings. The van der Waals surface area contributed by atoms with Gasteiger partial charge < -0.3 is 14.8 Å². The van der Waals surface area contributed by atoms with Gasteiger partial charge in [0.25, 0.3) is 5.91 Å². The summed E-state index contributed by atoms with van der Waals surface area (Å²) in [7, 11) is 0. The molecule has 0 heterocycles. The van der Waals surface area contributed by atoms with Gasteiger partial charge in [-0.2, -0.15) is 0 Å². The largest absolute Gasteiger partial charge is 0.418 e. The van der Waals surface area contributed by atoms with Crippen LogP contribution in [-0.2, 0) is 19.1 Å². The monoisotopic (exact) mass is 547 g/mol. The van der Waals surface area contributed by atoms with Crippen LogP contribution in [-0.4, -0.2) is 23.4 Å². The van der Waals surface area contributed by atoms with Crippen molar-refractivity contribution in [2.75, 3.05) is 0 Å². The first-order valence-corrected chi connectivity index (χ1v) is 12.0. The maximum atomic E-state index is 13.3. The Bertz CT molecular complexity index is 1270. The van der Waals surface area contributed by atoms with E-state index in [2.05, 4.69) is 21.2 Å². The average Bonchev–Trinajstić information content (AvgIpc) is 2.85. The number of nitrogens with one attached hydrogen (secondary N) is 1. The lowest BCUT2D eigenvalue weighted by Crippen LogP contribution is -2.42. The summed E-state index contributed by atoms with van der Waals surface area (Å²) < 4.78 is 12.0. The third-order valence-electron chi connectivity index (χ3n) is 4.63. The summed E-state index contributed by atoms with van der Waals surface area (Å²) in [6, 6.07) is 24.3. The highest BCUT2D eigenvalue weighted by Crippen LogP contribution is 2.26. The second-order valence-electron chi connectivity index (χ2n) is 8.79. The molecule has 0 aliphatic heterocycles. The summed E-state index contributed by atoms with van der Waals surface area (Å²) in [6.45, 7) is 5.36. The average molecular weight is 548 g/mol. The van der Waals surface area contributed by atoms with Gasteiger partial charge in [-0.25, -0.2) is 9.59 Å². The Labute approximate surface area is 218 Å². The van der Waals surface area contributed by atoms with Crippen LogP contribution in [0.3, 0.4) is 0 Å². The number of benzene rings is 3. The summed E-state index contributed by atoms with van der Waals surface area (Å²) >= 11 is 3.37. The summed E-state index contributed by atoms with van der Waals surface area (Å²) in [5.41, 5.74) is 0.783. The van der Waals surface area contributed by atoms with E-state index < -0.39 is 29.1 Å². The first-order valence-electron chi connectivity index (χ1n) is 11.2. The Morgan fingerprint density at radius 2 is 1.36 bits per heavy atom. The molecule has 3 rings (SSSR count). The van der Waals surface area contributed by atoms with Gasteiger partial charge in [0.1, 0.15) is 0 Å². The van der Waals surface area contributed by atoms with Crippen LogP contribution < -0.4 is 5.32 Å². The van der Waals surface area contributed by atoms with E-state index in [1.165, 1.54) is 6.08 Å². The fourth-order valence-corrected chi connectivity index (χ4v) is 3.28. The third-order valence-corrected chi connectivity index (χ3v) is 5.15. The number of amides is 1. The lowest BCUT2D eigenvalue weighted by Gasteiger charge is -2.22. The molecule has 0 aromatic heterocycles. The van der Waals surface area contributed by atoms with Gasteiger partial charge in [-0.3, -0.25) is 4.79 Å². The van der Waals surface area contributed by atoms with E-state index in [0.29, 0.717) is 5.56 Å². The van der Waals surface area contributed by atoms with Gasteiger partial charge in [-0.15, -0.1) is 0 Å². The molecule has 0 saturated heterocycles. The van der Waals surface area contributed by atoms with Gasteiger partial charge in [0.05, 0.1) is 5.56 Å². The Balaban J connectivity index is 2.06. The molecular formula is C29H26BrNO5. The zero-order valence-corrected chi connectivity index (χ0v) is 21.7. The number of hydrogen-bond acceptors (Lipinski definition) is 5. The van der Waals surface area contributed by atoms with Gasteiger partial charge in [0.2, 0.25) is 5.76 Å². The third kappa shape index (κ3) is 8.06. The van der Waals surface area contributed by atoms with Crippen molar-refractivity contribution in [3.8, 4) is 0 Å². The molecule has 36 heavy (non-hydrogen) atoms. The van der Waals surface area contributed by atoms with Crippen molar-refractivity contribution in [3.05, 3.63) is 118 Å². The lowest BCUT2D eigenvalue weighted by molar-refractivity contribution is -0.138. The van der Waals surface area contributed by atoms with Crippen LogP contribution in [0.25, 0.3) is 11.8 Å². The minimum absolute atomic E-state index is 0.181. The van der Waals surface area contributed by atoms with Gasteiger partial charge in [0, 0.05) is 21.7 Å². The number of ether oxygens (including phenoxy) is 2. The number of hydrogen-bond donors (Lipinski definition) is 1. The smallest absolute Gasteiger partial charge is 0.343 e. The highest BCUT2D eigenvalue weighted by molar-refractivity contribution is 9.10. The molecule has 0 atom stereocenters. The van der Waals surface area contributed by atoms with Crippen molar-refractivity contribution >= 4 is 45.6 Å². The molecule has 1 N–H and O–H groups in total. The van der Waals surface area contributed by atoms with Crippen LogP contribution in [0.4, 0.5) is 0 Å². The minimum Gasteiger partial charge on any atom is -0.418 e. The highest BCUT2D eigenvalue weighted by Gasteiger charge is 2.28. The Morgan fingerprint density at radius 3 is 1.94 bits per heavy atom. The summed E-state index contributed by atoms with van der Waals surface area (Å²) in [5.74, 6) is -2.82. The standard InChI is InChI=1S/C29H26BrNO5/c1-29(2,3)31-27(33)26(35-24(32)19-14-20-10-6-4-7-11-20)25(21-15-17-23(30)18-16-21)36-28(34)22-12-8-5-9-13-22/h4-19H,1-3H3,(H,31,33)/b19-14-,26-25-. The molecule has 0 radical (unpaired) electrons. The molecule has 184 valence electrons. The minimum atomic E-state index is -0.803. The van der Waals surface area contributed by atoms with E-state index in [-0.39, 0.29) is 11.3 Å². The second-order valence-corrected chi connectivity index (χ2v) is 9.71. The van der Waals surface area contributed by atoms with E-state index in [1.54, 1.807) is 81.4 Å². The molecule has 6 nitrogen and oxygen atoms in total. The van der Waals surface area contributed by atoms with Crippen molar-refractivity contribution < 1.29 is 23.9 Å². The Hall–Kier alpha value is -3.97. The number of carbonyl (C=O) groups excluding carboxylic acids is 3. The molecular weight excluding hydrogens is 522 g/mol. The molecule has 0 unspecified atom stereocenters. The van der Waals surface area contributed by atoms with Crippen molar-refractivity contribution in [2.45, 2.75) is 26.3 Å². The van der Waals surface area contributed by atoms with Crippen LogP contribution in [0.15, 0.2) is 101 Å². The molecule has 0 saturated carbocycles. The first-order chi connectivity index (χ1) is 17.1. The van der Waals surface area contributed by atoms with E-state index in [9.17, 15) is 14.4 Å². The predicted molar refractivity (Wildman–Crippen MR) is 142 cm³/mol. The molecule has 0 aliphatic carbocycles. The van der Waals surface area contributed by atoms with Gasteiger partial charge in [-0.05, 0) is 68.8 Å². The van der Waals surface area contributed by atoms with Crippen LogP contribution in [0, 0.1) is 0 Å². The van der Waals surface area contributed by atoms with Gasteiger partial charge >= 0.3 is 11.9 Å². The van der Waals surface area contributed by atoms with E-state index in [0.717, 1.165) is 10.0 Å². The van der Waals surface area contributed by atoms with Crippen molar-refractivity contribution in [1.29, 1.82) is 0 Å². The molecule has 3 aromatic rings. The summed E-state index contributed by atoms with van der Waals surface area (Å²) in [4.78, 5) is 39.0. The molecule has 3 aromatic carbocycles. The summed E-state index contributed by atoms with van der Waals surface area (Å²) in [5, 5.41) is 2.77. The molecule has 0 spiro atoms. The quantitative estimate of drug-likeness (QED) is 0.218. The molecule has 0 aliphatic rings. The van der Waals surface area contributed by atoms with E-state index in [1.807, 2.05) is 30.3 Å². The molecule has 7 heteroatoms. The fraction of sp³-hybridized carbons (Fsp3) is 0.138. The van der Waals surface area contributed by atoms with Crippen LogP contribution in [0.2, 0.25) is 0 Å².